The largest absolute Gasteiger partial charge is 0.399 e. The summed E-state index contributed by atoms with van der Waals surface area (Å²) >= 11 is 0. The molecule has 106 valence electrons. The van der Waals surface area contributed by atoms with Gasteiger partial charge in [0.2, 0.25) is 5.91 Å². The topological polar surface area (TPSA) is 78.6 Å². The number of nitrogens with one attached hydrogen (secondary N) is 1. The van der Waals surface area contributed by atoms with Crippen LogP contribution in [0.25, 0.3) is 0 Å². The van der Waals surface area contributed by atoms with E-state index in [1.165, 1.54) is 0 Å². The Labute approximate surface area is 114 Å². The maximum absolute atomic E-state index is 11.9. The number of nitrogens with zero attached hydrogens (tertiary/aromatic N) is 1. The highest BCUT2D eigenvalue weighted by molar-refractivity contribution is 5.92. The number of hydrogen-bond acceptors (Lipinski definition) is 4. The van der Waals surface area contributed by atoms with Crippen molar-refractivity contribution in [3.63, 3.8) is 0 Å². The Morgan fingerprint density at radius 2 is 2.16 bits per heavy atom. The van der Waals surface area contributed by atoms with E-state index in [0.717, 1.165) is 0 Å². The van der Waals surface area contributed by atoms with E-state index in [2.05, 4.69) is 5.32 Å². The van der Waals surface area contributed by atoms with Gasteiger partial charge in [-0.15, -0.1) is 0 Å². The Hall–Kier alpha value is -1.59. The molecule has 0 spiro atoms. The summed E-state index contributed by atoms with van der Waals surface area (Å²) in [5.74, 6) is -0.114. The van der Waals surface area contributed by atoms with Crippen molar-refractivity contribution in [1.82, 2.24) is 4.90 Å². The predicted octanol–water partition coefficient (Wildman–Crippen LogP) is 1.30. The molecule has 4 N–H and O–H groups in total. The summed E-state index contributed by atoms with van der Waals surface area (Å²) in [5.41, 5.74) is 6.14. The van der Waals surface area contributed by atoms with E-state index in [-0.39, 0.29) is 12.5 Å². The van der Waals surface area contributed by atoms with Crippen LogP contribution in [0.5, 0.6) is 0 Å². The molecule has 1 aromatic carbocycles. The highest BCUT2D eigenvalue weighted by atomic mass is 16.3. The molecular weight excluding hydrogens is 242 g/mol. The third-order valence-electron chi connectivity index (χ3n) is 2.60. The number of benzene rings is 1. The van der Waals surface area contributed by atoms with Crippen LogP contribution < -0.4 is 11.1 Å². The van der Waals surface area contributed by atoms with Crippen molar-refractivity contribution in [2.75, 3.05) is 30.7 Å². The number of aliphatic hydroxyl groups is 1. The van der Waals surface area contributed by atoms with E-state index in [1.807, 2.05) is 11.8 Å². The third-order valence-corrected chi connectivity index (χ3v) is 2.60. The van der Waals surface area contributed by atoms with Crippen LogP contribution in [0.3, 0.4) is 0 Å². The summed E-state index contributed by atoms with van der Waals surface area (Å²) in [6.07, 6.45) is 0. The first kappa shape index (κ1) is 15.5. The lowest BCUT2D eigenvalue weighted by Crippen LogP contribution is -2.42. The van der Waals surface area contributed by atoms with Crippen LogP contribution in [0, 0.1) is 0 Å². The van der Waals surface area contributed by atoms with Gasteiger partial charge in [0.15, 0.2) is 0 Å². The number of carbonyl (C=O) groups is 1. The Kier molecular flexibility index (Phi) is 5.32. The molecule has 0 bridgehead atoms. The maximum atomic E-state index is 11.9. The zero-order valence-electron chi connectivity index (χ0n) is 11.8. The lowest BCUT2D eigenvalue weighted by Gasteiger charge is -2.27. The number of hydrogen-bond donors (Lipinski definition) is 3. The van der Waals surface area contributed by atoms with Gasteiger partial charge in [-0.3, -0.25) is 9.69 Å². The molecule has 0 aliphatic carbocycles. The van der Waals surface area contributed by atoms with Gasteiger partial charge in [0.25, 0.3) is 0 Å². The summed E-state index contributed by atoms with van der Waals surface area (Å²) in [4.78, 5) is 13.8. The van der Waals surface area contributed by atoms with Crippen molar-refractivity contribution in [3.8, 4) is 0 Å². The van der Waals surface area contributed by atoms with Crippen LogP contribution in [0.4, 0.5) is 11.4 Å². The first-order chi connectivity index (χ1) is 8.80. The molecular formula is C14H23N3O2. The number of likely N-dealkylation sites (N-methyl/N-ethyl adjacent to an activating group) is 1. The second-order valence-electron chi connectivity index (χ2n) is 5.29. The zero-order valence-corrected chi connectivity index (χ0v) is 11.8. The summed E-state index contributed by atoms with van der Waals surface area (Å²) in [6, 6.07) is 7.06. The number of carbonyl (C=O) groups excluding carboxylic acids is 1. The van der Waals surface area contributed by atoms with E-state index in [4.69, 9.17) is 5.73 Å². The molecule has 0 fully saturated rings. The third kappa shape index (κ3) is 6.22. The Balaban J connectivity index is 2.54. The molecule has 0 radical (unpaired) electrons. The minimum Gasteiger partial charge on any atom is -0.399 e. The number of rotatable bonds is 6. The van der Waals surface area contributed by atoms with E-state index >= 15 is 0 Å². The first-order valence-electron chi connectivity index (χ1n) is 6.40. The fourth-order valence-electron chi connectivity index (χ4n) is 1.85. The van der Waals surface area contributed by atoms with Gasteiger partial charge in [-0.1, -0.05) is 13.0 Å². The molecule has 5 heteroatoms. The van der Waals surface area contributed by atoms with Crippen LogP contribution >= 0.6 is 0 Å². The number of anilines is 2. The SMILES string of the molecule is CCN(CC(=O)Nc1cccc(N)c1)CC(C)(C)O. The smallest absolute Gasteiger partial charge is 0.238 e. The highest BCUT2D eigenvalue weighted by Gasteiger charge is 2.19. The Bertz CT molecular complexity index is 427. The Morgan fingerprint density at radius 1 is 1.47 bits per heavy atom. The van der Waals surface area contributed by atoms with Gasteiger partial charge in [-0.05, 0) is 38.6 Å². The minimum absolute atomic E-state index is 0.114. The molecule has 1 aromatic rings. The number of nitrogen functional groups attached to an aromatic ring is 1. The summed E-state index contributed by atoms with van der Waals surface area (Å²) in [5, 5.41) is 12.6. The van der Waals surface area contributed by atoms with Gasteiger partial charge < -0.3 is 16.2 Å². The minimum atomic E-state index is -0.812. The average molecular weight is 265 g/mol. The lowest BCUT2D eigenvalue weighted by atomic mass is 10.1. The van der Waals surface area contributed by atoms with Gasteiger partial charge in [-0.2, -0.15) is 0 Å². The Morgan fingerprint density at radius 3 is 2.68 bits per heavy atom. The van der Waals surface area contributed by atoms with Crippen LogP contribution in [0.15, 0.2) is 24.3 Å². The van der Waals surface area contributed by atoms with Crippen molar-refractivity contribution < 1.29 is 9.90 Å². The first-order valence-corrected chi connectivity index (χ1v) is 6.40. The van der Waals surface area contributed by atoms with E-state index in [1.54, 1.807) is 38.1 Å². The van der Waals surface area contributed by atoms with Crippen molar-refractivity contribution in [1.29, 1.82) is 0 Å². The van der Waals surface area contributed by atoms with Crippen LogP contribution in [-0.4, -0.2) is 41.1 Å². The van der Waals surface area contributed by atoms with Crippen LogP contribution in [0.2, 0.25) is 0 Å². The van der Waals surface area contributed by atoms with E-state index in [9.17, 15) is 9.90 Å². The molecule has 0 heterocycles. The quantitative estimate of drug-likeness (QED) is 0.677. The van der Waals surface area contributed by atoms with Crippen molar-refractivity contribution >= 4 is 17.3 Å². The maximum Gasteiger partial charge on any atom is 0.238 e. The molecule has 0 aromatic heterocycles. The molecule has 0 saturated heterocycles. The van der Waals surface area contributed by atoms with Crippen LogP contribution in [-0.2, 0) is 4.79 Å². The number of nitrogens with two attached hydrogens (primary N) is 1. The fraction of sp³-hybridized carbons (Fsp3) is 0.500. The fourth-order valence-corrected chi connectivity index (χ4v) is 1.85. The standard InChI is InChI=1S/C14H23N3O2/c1-4-17(10-14(2,3)19)9-13(18)16-12-7-5-6-11(15)8-12/h5-8,19H,4,9-10,15H2,1-3H3,(H,16,18). The molecule has 0 atom stereocenters. The zero-order chi connectivity index (χ0) is 14.5. The molecule has 0 aliphatic heterocycles. The molecule has 0 aliphatic rings. The second kappa shape index (κ2) is 6.54. The molecule has 1 rings (SSSR count). The van der Waals surface area contributed by atoms with Crippen molar-refractivity contribution in [3.05, 3.63) is 24.3 Å². The molecule has 0 unspecified atom stereocenters. The lowest BCUT2D eigenvalue weighted by molar-refractivity contribution is -0.117. The molecule has 0 saturated carbocycles. The van der Waals surface area contributed by atoms with Gasteiger partial charge in [0.05, 0.1) is 12.1 Å². The van der Waals surface area contributed by atoms with Gasteiger partial charge in [0, 0.05) is 17.9 Å². The van der Waals surface area contributed by atoms with Gasteiger partial charge in [-0.25, -0.2) is 0 Å². The highest BCUT2D eigenvalue weighted by Crippen LogP contribution is 2.12. The van der Waals surface area contributed by atoms with Crippen molar-refractivity contribution in [2.24, 2.45) is 0 Å². The van der Waals surface area contributed by atoms with E-state index < -0.39 is 5.60 Å². The summed E-state index contributed by atoms with van der Waals surface area (Å²) in [6.45, 7) is 6.81. The van der Waals surface area contributed by atoms with Crippen molar-refractivity contribution in [2.45, 2.75) is 26.4 Å². The second-order valence-corrected chi connectivity index (χ2v) is 5.29. The normalized spacial score (nSPS) is 11.6. The predicted molar refractivity (Wildman–Crippen MR) is 77.9 cm³/mol. The monoisotopic (exact) mass is 265 g/mol. The van der Waals surface area contributed by atoms with Crippen LogP contribution in [0.1, 0.15) is 20.8 Å². The molecule has 1 amide bonds. The van der Waals surface area contributed by atoms with Gasteiger partial charge in [0.1, 0.15) is 0 Å². The summed E-state index contributed by atoms with van der Waals surface area (Å²) in [7, 11) is 0. The summed E-state index contributed by atoms with van der Waals surface area (Å²) < 4.78 is 0. The molecule has 5 nitrogen and oxygen atoms in total. The average Bonchev–Trinajstić information content (AvgIpc) is 2.26. The molecule has 19 heavy (non-hydrogen) atoms. The van der Waals surface area contributed by atoms with E-state index in [0.29, 0.717) is 24.5 Å². The number of amides is 1. The van der Waals surface area contributed by atoms with Gasteiger partial charge >= 0.3 is 0 Å².